The fraction of sp³-hybridized carbons (Fsp3) is 0.923. The number of esters is 1. The topological polar surface area (TPSA) is 38.3 Å². The molecule has 92 valence electrons. The van der Waals surface area contributed by atoms with Crippen molar-refractivity contribution in [2.45, 2.75) is 57.5 Å². The Morgan fingerprint density at radius 2 is 2.00 bits per heavy atom. The lowest BCUT2D eigenvalue weighted by Gasteiger charge is -2.31. The van der Waals surface area contributed by atoms with Crippen LogP contribution in [0.25, 0.3) is 0 Å². The first-order chi connectivity index (χ1) is 7.70. The van der Waals surface area contributed by atoms with Crippen LogP contribution in [0, 0.1) is 11.8 Å². The molecule has 2 fully saturated rings. The van der Waals surface area contributed by atoms with Crippen molar-refractivity contribution in [3.05, 3.63) is 0 Å². The Kier molecular flexibility index (Phi) is 3.85. The Morgan fingerprint density at radius 3 is 2.62 bits per heavy atom. The number of nitrogens with one attached hydrogen (secondary N) is 1. The van der Waals surface area contributed by atoms with E-state index in [1.165, 1.54) is 45.6 Å². The highest BCUT2D eigenvalue weighted by Crippen LogP contribution is 2.43. The van der Waals surface area contributed by atoms with E-state index in [9.17, 15) is 4.79 Å². The van der Waals surface area contributed by atoms with E-state index in [0.29, 0.717) is 6.04 Å². The van der Waals surface area contributed by atoms with Crippen molar-refractivity contribution in [2.75, 3.05) is 7.11 Å². The standard InChI is InChI=1S/C13H23NO2/c1-9(13(15)16-2)14-12-5-3-4-11(8-12)10-6-7-10/h9-12,14H,3-8H2,1-2H3. The Balaban J connectivity index is 1.77. The maximum Gasteiger partial charge on any atom is 0.322 e. The van der Waals surface area contributed by atoms with E-state index in [-0.39, 0.29) is 12.0 Å². The van der Waals surface area contributed by atoms with E-state index in [1.54, 1.807) is 0 Å². The lowest BCUT2D eigenvalue weighted by Crippen LogP contribution is -2.44. The molecular weight excluding hydrogens is 202 g/mol. The lowest BCUT2D eigenvalue weighted by atomic mass is 9.82. The highest BCUT2D eigenvalue weighted by molar-refractivity contribution is 5.75. The normalized spacial score (nSPS) is 32.1. The molecule has 0 aromatic heterocycles. The summed E-state index contributed by atoms with van der Waals surface area (Å²) < 4.78 is 4.74. The number of carbonyl (C=O) groups excluding carboxylic acids is 1. The molecule has 1 N–H and O–H groups in total. The monoisotopic (exact) mass is 225 g/mol. The summed E-state index contributed by atoms with van der Waals surface area (Å²) >= 11 is 0. The molecular formula is C13H23NO2. The van der Waals surface area contributed by atoms with Crippen molar-refractivity contribution in [3.63, 3.8) is 0 Å². The van der Waals surface area contributed by atoms with E-state index in [1.807, 2.05) is 6.92 Å². The molecule has 0 saturated heterocycles. The minimum Gasteiger partial charge on any atom is -0.468 e. The van der Waals surface area contributed by atoms with Gasteiger partial charge in [0.25, 0.3) is 0 Å². The van der Waals surface area contributed by atoms with Crippen molar-refractivity contribution < 1.29 is 9.53 Å². The molecule has 0 radical (unpaired) electrons. The molecule has 0 heterocycles. The number of rotatable bonds is 4. The fourth-order valence-electron chi connectivity index (χ4n) is 2.97. The third kappa shape index (κ3) is 2.97. The Bertz CT molecular complexity index is 250. The summed E-state index contributed by atoms with van der Waals surface area (Å²) in [7, 11) is 1.45. The molecule has 0 aromatic rings. The molecule has 0 aliphatic heterocycles. The average Bonchev–Trinajstić information content (AvgIpc) is 3.12. The van der Waals surface area contributed by atoms with Gasteiger partial charge in [0.05, 0.1) is 7.11 Å². The van der Waals surface area contributed by atoms with E-state index in [0.717, 1.165) is 11.8 Å². The molecule has 0 spiro atoms. The molecule has 2 saturated carbocycles. The van der Waals surface area contributed by atoms with Gasteiger partial charge in [0.2, 0.25) is 0 Å². The predicted octanol–water partition coefficient (Wildman–Crippen LogP) is 2.11. The maximum absolute atomic E-state index is 11.3. The van der Waals surface area contributed by atoms with Crippen molar-refractivity contribution >= 4 is 5.97 Å². The Morgan fingerprint density at radius 1 is 1.25 bits per heavy atom. The van der Waals surface area contributed by atoms with Crippen LogP contribution in [0.5, 0.6) is 0 Å². The first-order valence-electron chi connectivity index (χ1n) is 6.54. The Labute approximate surface area is 97.9 Å². The van der Waals surface area contributed by atoms with Gasteiger partial charge in [-0.1, -0.05) is 12.8 Å². The lowest BCUT2D eigenvalue weighted by molar-refractivity contribution is -0.142. The zero-order valence-electron chi connectivity index (χ0n) is 10.4. The molecule has 0 bridgehead atoms. The number of ether oxygens (including phenoxy) is 1. The highest BCUT2D eigenvalue weighted by Gasteiger charge is 2.35. The average molecular weight is 225 g/mol. The van der Waals surface area contributed by atoms with E-state index in [2.05, 4.69) is 5.32 Å². The van der Waals surface area contributed by atoms with Crippen LogP contribution in [0.3, 0.4) is 0 Å². The molecule has 3 heteroatoms. The van der Waals surface area contributed by atoms with Crippen LogP contribution >= 0.6 is 0 Å². The van der Waals surface area contributed by atoms with Crippen molar-refractivity contribution in [1.82, 2.24) is 5.32 Å². The molecule has 3 nitrogen and oxygen atoms in total. The van der Waals surface area contributed by atoms with Gasteiger partial charge in [0, 0.05) is 6.04 Å². The molecule has 2 aliphatic rings. The van der Waals surface area contributed by atoms with Crippen molar-refractivity contribution in [3.8, 4) is 0 Å². The van der Waals surface area contributed by atoms with E-state index in [4.69, 9.17) is 4.74 Å². The van der Waals surface area contributed by atoms with Gasteiger partial charge in [0.1, 0.15) is 6.04 Å². The van der Waals surface area contributed by atoms with Crippen LogP contribution in [0.2, 0.25) is 0 Å². The first-order valence-corrected chi connectivity index (χ1v) is 6.54. The van der Waals surface area contributed by atoms with Gasteiger partial charge in [-0.3, -0.25) is 4.79 Å². The van der Waals surface area contributed by atoms with Crippen LogP contribution in [-0.4, -0.2) is 25.2 Å². The maximum atomic E-state index is 11.3. The fourth-order valence-corrected chi connectivity index (χ4v) is 2.97. The second kappa shape index (κ2) is 5.17. The van der Waals surface area contributed by atoms with Gasteiger partial charge < -0.3 is 10.1 Å². The molecule has 2 aliphatic carbocycles. The number of hydrogen-bond donors (Lipinski definition) is 1. The highest BCUT2D eigenvalue weighted by atomic mass is 16.5. The van der Waals surface area contributed by atoms with E-state index >= 15 is 0 Å². The summed E-state index contributed by atoms with van der Waals surface area (Å²) in [5, 5.41) is 3.41. The Hall–Kier alpha value is -0.570. The third-order valence-electron chi connectivity index (χ3n) is 4.04. The summed E-state index contributed by atoms with van der Waals surface area (Å²) in [5.41, 5.74) is 0. The summed E-state index contributed by atoms with van der Waals surface area (Å²) in [5.74, 6) is 1.77. The number of methoxy groups -OCH3 is 1. The van der Waals surface area contributed by atoms with Crippen LogP contribution in [0.1, 0.15) is 45.4 Å². The summed E-state index contributed by atoms with van der Waals surface area (Å²) in [6, 6.07) is 0.362. The van der Waals surface area contributed by atoms with Crippen LogP contribution < -0.4 is 5.32 Å². The summed E-state index contributed by atoms with van der Waals surface area (Å²) in [6.07, 6.45) is 8.05. The summed E-state index contributed by atoms with van der Waals surface area (Å²) in [6.45, 7) is 1.90. The number of carbonyl (C=O) groups is 1. The van der Waals surface area contributed by atoms with E-state index < -0.39 is 0 Å². The molecule has 3 atom stereocenters. The quantitative estimate of drug-likeness (QED) is 0.745. The van der Waals surface area contributed by atoms with Crippen molar-refractivity contribution in [2.24, 2.45) is 11.8 Å². The van der Waals surface area contributed by atoms with Gasteiger partial charge in [0.15, 0.2) is 0 Å². The van der Waals surface area contributed by atoms with Crippen LogP contribution in [0.15, 0.2) is 0 Å². The second-order valence-electron chi connectivity index (χ2n) is 5.37. The first kappa shape index (κ1) is 11.9. The molecule has 0 amide bonds. The van der Waals surface area contributed by atoms with Gasteiger partial charge >= 0.3 is 5.97 Å². The minimum atomic E-state index is -0.159. The van der Waals surface area contributed by atoms with Gasteiger partial charge in [-0.05, 0) is 44.4 Å². The second-order valence-corrected chi connectivity index (χ2v) is 5.37. The van der Waals surface area contributed by atoms with Crippen LogP contribution in [0.4, 0.5) is 0 Å². The van der Waals surface area contributed by atoms with Crippen molar-refractivity contribution in [1.29, 1.82) is 0 Å². The zero-order valence-corrected chi connectivity index (χ0v) is 10.4. The van der Waals surface area contributed by atoms with Crippen LogP contribution in [-0.2, 0) is 9.53 Å². The van der Waals surface area contributed by atoms with Gasteiger partial charge in [-0.2, -0.15) is 0 Å². The minimum absolute atomic E-state index is 0.145. The summed E-state index contributed by atoms with van der Waals surface area (Å²) in [4.78, 5) is 11.3. The molecule has 3 unspecified atom stereocenters. The SMILES string of the molecule is COC(=O)C(C)NC1CCCC(C2CC2)C1. The smallest absolute Gasteiger partial charge is 0.322 e. The zero-order chi connectivity index (χ0) is 11.5. The molecule has 2 rings (SSSR count). The molecule has 0 aromatic carbocycles. The van der Waals surface area contributed by atoms with Gasteiger partial charge in [-0.25, -0.2) is 0 Å². The van der Waals surface area contributed by atoms with Gasteiger partial charge in [-0.15, -0.1) is 0 Å². The largest absolute Gasteiger partial charge is 0.468 e. The molecule has 16 heavy (non-hydrogen) atoms. The predicted molar refractivity (Wildman–Crippen MR) is 63.1 cm³/mol. The number of hydrogen-bond acceptors (Lipinski definition) is 3. The third-order valence-corrected chi connectivity index (χ3v) is 4.04.